The van der Waals surface area contributed by atoms with Crippen molar-refractivity contribution in [3.63, 3.8) is 0 Å². The highest BCUT2D eigenvalue weighted by atomic mass is 16.7. The first-order valence-electron chi connectivity index (χ1n) is 8.29. The van der Waals surface area contributed by atoms with Gasteiger partial charge in [0.25, 0.3) is 0 Å². The predicted octanol–water partition coefficient (Wildman–Crippen LogP) is 4.72. The topological polar surface area (TPSA) is 27.7 Å². The maximum absolute atomic E-state index is 5.87. The standard InChI is InChI=1S/C18H28O3/c1-3-5-6-7-15-13-20-18(21-14-15)16-8-10-17(11-9-16)19-12-4-2/h8-11,15,18H,3-7,12-14H2,1-2H3. The third kappa shape index (κ3) is 5.33. The summed E-state index contributed by atoms with van der Waals surface area (Å²) in [5.74, 6) is 1.47. The van der Waals surface area contributed by atoms with Crippen LogP contribution in [0.1, 0.15) is 57.8 Å². The van der Waals surface area contributed by atoms with E-state index in [1.165, 1.54) is 25.7 Å². The Kier molecular flexibility index (Phi) is 7.04. The van der Waals surface area contributed by atoms with Crippen LogP contribution in [0.5, 0.6) is 5.75 Å². The van der Waals surface area contributed by atoms with Crippen molar-refractivity contribution < 1.29 is 14.2 Å². The Morgan fingerprint density at radius 1 is 1.00 bits per heavy atom. The van der Waals surface area contributed by atoms with E-state index in [4.69, 9.17) is 14.2 Å². The number of hydrogen-bond donors (Lipinski definition) is 0. The Hall–Kier alpha value is -1.06. The molecule has 1 fully saturated rings. The van der Waals surface area contributed by atoms with Gasteiger partial charge in [-0.25, -0.2) is 0 Å². The van der Waals surface area contributed by atoms with Crippen molar-refractivity contribution in [2.24, 2.45) is 5.92 Å². The number of hydrogen-bond acceptors (Lipinski definition) is 3. The molecule has 0 unspecified atom stereocenters. The molecule has 1 saturated heterocycles. The summed E-state index contributed by atoms with van der Waals surface area (Å²) in [6.45, 7) is 6.72. The quantitative estimate of drug-likeness (QED) is 0.649. The summed E-state index contributed by atoms with van der Waals surface area (Å²) < 4.78 is 17.3. The van der Waals surface area contributed by atoms with Gasteiger partial charge in [0.05, 0.1) is 19.8 Å². The molecule has 3 nitrogen and oxygen atoms in total. The van der Waals surface area contributed by atoms with E-state index in [1.54, 1.807) is 0 Å². The summed E-state index contributed by atoms with van der Waals surface area (Å²) in [6, 6.07) is 8.05. The Morgan fingerprint density at radius 3 is 2.33 bits per heavy atom. The molecule has 2 rings (SSSR count). The lowest BCUT2D eigenvalue weighted by atomic mass is 10.0. The third-order valence-electron chi connectivity index (χ3n) is 3.81. The van der Waals surface area contributed by atoms with Gasteiger partial charge in [-0.3, -0.25) is 0 Å². The average Bonchev–Trinajstić information content (AvgIpc) is 2.54. The molecule has 0 N–H and O–H groups in total. The highest BCUT2D eigenvalue weighted by molar-refractivity contribution is 5.28. The van der Waals surface area contributed by atoms with Crippen molar-refractivity contribution >= 4 is 0 Å². The van der Waals surface area contributed by atoms with Crippen molar-refractivity contribution in [3.8, 4) is 5.75 Å². The van der Waals surface area contributed by atoms with E-state index >= 15 is 0 Å². The Balaban J connectivity index is 1.76. The molecule has 0 amide bonds. The number of rotatable bonds is 8. The predicted molar refractivity (Wildman–Crippen MR) is 84.5 cm³/mol. The summed E-state index contributed by atoms with van der Waals surface area (Å²) >= 11 is 0. The smallest absolute Gasteiger partial charge is 0.183 e. The molecule has 118 valence electrons. The van der Waals surface area contributed by atoms with E-state index in [-0.39, 0.29) is 6.29 Å². The first kappa shape index (κ1) is 16.3. The van der Waals surface area contributed by atoms with Gasteiger partial charge in [0.2, 0.25) is 0 Å². The molecule has 1 heterocycles. The van der Waals surface area contributed by atoms with Crippen LogP contribution in [-0.4, -0.2) is 19.8 Å². The Labute approximate surface area is 128 Å². The van der Waals surface area contributed by atoms with Gasteiger partial charge in [0.1, 0.15) is 5.75 Å². The van der Waals surface area contributed by atoms with Crippen molar-refractivity contribution in [2.75, 3.05) is 19.8 Å². The molecule has 0 aliphatic carbocycles. The zero-order valence-corrected chi connectivity index (χ0v) is 13.3. The van der Waals surface area contributed by atoms with Crippen molar-refractivity contribution in [2.45, 2.75) is 52.2 Å². The number of unbranched alkanes of at least 4 members (excludes halogenated alkanes) is 2. The summed E-state index contributed by atoms with van der Waals surface area (Å²) in [5.41, 5.74) is 1.07. The zero-order valence-electron chi connectivity index (χ0n) is 13.3. The van der Waals surface area contributed by atoms with E-state index in [0.29, 0.717) is 5.92 Å². The van der Waals surface area contributed by atoms with Crippen LogP contribution in [0.3, 0.4) is 0 Å². The summed E-state index contributed by atoms with van der Waals surface area (Å²) in [6.07, 6.45) is 5.87. The van der Waals surface area contributed by atoms with Crippen LogP contribution >= 0.6 is 0 Å². The molecule has 0 saturated carbocycles. The summed E-state index contributed by atoms with van der Waals surface area (Å²) in [4.78, 5) is 0. The molecule has 0 aromatic heterocycles. The molecule has 21 heavy (non-hydrogen) atoms. The van der Waals surface area contributed by atoms with Gasteiger partial charge in [0.15, 0.2) is 6.29 Å². The third-order valence-corrected chi connectivity index (χ3v) is 3.81. The largest absolute Gasteiger partial charge is 0.494 e. The monoisotopic (exact) mass is 292 g/mol. The van der Waals surface area contributed by atoms with Gasteiger partial charge in [-0.1, -0.05) is 45.2 Å². The van der Waals surface area contributed by atoms with E-state index in [1.807, 2.05) is 24.3 Å². The molecule has 0 bridgehead atoms. The molecule has 0 radical (unpaired) electrons. The number of ether oxygens (including phenoxy) is 3. The minimum Gasteiger partial charge on any atom is -0.494 e. The molecule has 3 heteroatoms. The van der Waals surface area contributed by atoms with E-state index < -0.39 is 0 Å². The second-order valence-corrected chi connectivity index (χ2v) is 5.78. The fourth-order valence-corrected chi connectivity index (χ4v) is 2.53. The van der Waals surface area contributed by atoms with Gasteiger partial charge >= 0.3 is 0 Å². The molecule has 1 aromatic rings. The summed E-state index contributed by atoms with van der Waals surface area (Å²) in [7, 11) is 0. The van der Waals surface area contributed by atoms with Crippen LogP contribution in [0, 0.1) is 5.92 Å². The van der Waals surface area contributed by atoms with Gasteiger partial charge < -0.3 is 14.2 Å². The van der Waals surface area contributed by atoms with Crippen LogP contribution in [-0.2, 0) is 9.47 Å². The van der Waals surface area contributed by atoms with Crippen molar-refractivity contribution in [3.05, 3.63) is 29.8 Å². The maximum Gasteiger partial charge on any atom is 0.183 e. The highest BCUT2D eigenvalue weighted by Gasteiger charge is 2.23. The van der Waals surface area contributed by atoms with Gasteiger partial charge in [-0.05, 0) is 25.0 Å². The minimum atomic E-state index is -0.215. The molecular formula is C18H28O3. The number of benzene rings is 1. The fraction of sp³-hybridized carbons (Fsp3) is 0.667. The van der Waals surface area contributed by atoms with Gasteiger partial charge in [-0.15, -0.1) is 0 Å². The van der Waals surface area contributed by atoms with Crippen LogP contribution in [0.25, 0.3) is 0 Å². The normalized spacial score (nSPS) is 22.2. The molecule has 1 aromatic carbocycles. The second-order valence-electron chi connectivity index (χ2n) is 5.78. The molecule has 1 aliphatic rings. The Bertz CT molecular complexity index is 380. The average molecular weight is 292 g/mol. The van der Waals surface area contributed by atoms with E-state index in [0.717, 1.165) is 37.6 Å². The molecular weight excluding hydrogens is 264 g/mol. The van der Waals surface area contributed by atoms with Gasteiger partial charge in [-0.2, -0.15) is 0 Å². The highest BCUT2D eigenvalue weighted by Crippen LogP contribution is 2.28. The fourth-order valence-electron chi connectivity index (χ4n) is 2.53. The van der Waals surface area contributed by atoms with E-state index in [9.17, 15) is 0 Å². The zero-order chi connectivity index (χ0) is 14.9. The SMILES string of the molecule is CCCCCC1COC(c2ccc(OCCC)cc2)OC1. The van der Waals surface area contributed by atoms with Crippen LogP contribution in [0.2, 0.25) is 0 Å². The van der Waals surface area contributed by atoms with Crippen molar-refractivity contribution in [1.29, 1.82) is 0 Å². The van der Waals surface area contributed by atoms with Crippen LogP contribution in [0.4, 0.5) is 0 Å². The molecule has 0 atom stereocenters. The first-order valence-corrected chi connectivity index (χ1v) is 8.29. The van der Waals surface area contributed by atoms with E-state index in [2.05, 4.69) is 13.8 Å². The lowest BCUT2D eigenvalue weighted by molar-refractivity contribution is -0.206. The molecule has 0 spiro atoms. The maximum atomic E-state index is 5.87. The van der Waals surface area contributed by atoms with Crippen molar-refractivity contribution in [1.82, 2.24) is 0 Å². The minimum absolute atomic E-state index is 0.215. The van der Waals surface area contributed by atoms with Crippen LogP contribution < -0.4 is 4.74 Å². The van der Waals surface area contributed by atoms with Crippen LogP contribution in [0.15, 0.2) is 24.3 Å². The lowest BCUT2D eigenvalue weighted by Crippen LogP contribution is -2.27. The lowest BCUT2D eigenvalue weighted by Gasteiger charge is -2.29. The molecule has 1 aliphatic heterocycles. The first-order chi connectivity index (χ1) is 10.3. The summed E-state index contributed by atoms with van der Waals surface area (Å²) in [5, 5.41) is 0. The second kappa shape index (κ2) is 9.06. The van der Waals surface area contributed by atoms with Gasteiger partial charge in [0, 0.05) is 11.5 Å². The Morgan fingerprint density at radius 2 is 1.71 bits per heavy atom.